The molecular weight excluding hydrogens is 245 g/mol. The molecule has 1 heterocycles. The molecule has 0 aliphatic rings. The van der Waals surface area contributed by atoms with Crippen LogP contribution in [0.2, 0.25) is 5.02 Å². The van der Waals surface area contributed by atoms with Crippen LogP contribution in [0.15, 0.2) is 35.7 Å². The summed E-state index contributed by atoms with van der Waals surface area (Å²) in [5.74, 6) is -0.234. The van der Waals surface area contributed by atoms with Crippen molar-refractivity contribution >= 4 is 22.9 Å². The van der Waals surface area contributed by atoms with Gasteiger partial charge < -0.3 is 5.73 Å². The fourth-order valence-corrected chi connectivity index (χ4v) is 2.78. The lowest BCUT2D eigenvalue weighted by Crippen LogP contribution is -2.12. The molecule has 1 aromatic carbocycles. The van der Waals surface area contributed by atoms with E-state index in [1.54, 1.807) is 6.07 Å². The molecule has 2 N–H and O–H groups in total. The van der Waals surface area contributed by atoms with E-state index in [9.17, 15) is 4.39 Å². The number of rotatable bonds is 3. The summed E-state index contributed by atoms with van der Waals surface area (Å²) in [7, 11) is 0. The van der Waals surface area contributed by atoms with Gasteiger partial charge in [0.1, 0.15) is 5.82 Å². The van der Waals surface area contributed by atoms with E-state index in [1.807, 2.05) is 17.5 Å². The zero-order chi connectivity index (χ0) is 11.5. The Morgan fingerprint density at radius 1 is 1.38 bits per heavy atom. The van der Waals surface area contributed by atoms with Crippen LogP contribution < -0.4 is 5.73 Å². The summed E-state index contributed by atoms with van der Waals surface area (Å²) in [6.07, 6.45) is 0.595. The van der Waals surface area contributed by atoms with E-state index < -0.39 is 0 Å². The van der Waals surface area contributed by atoms with Crippen LogP contribution in [-0.2, 0) is 6.42 Å². The van der Waals surface area contributed by atoms with E-state index >= 15 is 0 Å². The Balaban J connectivity index is 2.14. The van der Waals surface area contributed by atoms with Crippen molar-refractivity contribution in [2.24, 2.45) is 5.73 Å². The third-order valence-electron chi connectivity index (χ3n) is 2.33. The number of halogens is 2. The number of benzene rings is 1. The maximum atomic E-state index is 13.0. The number of hydrogen-bond donors (Lipinski definition) is 1. The van der Waals surface area contributed by atoms with Gasteiger partial charge in [-0.2, -0.15) is 0 Å². The smallest absolute Gasteiger partial charge is 0.123 e. The topological polar surface area (TPSA) is 26.0 Å². The maximum absolute atomic E-state index is 13.0. The number of nitrogens with two attached hydrogens (primary N) is 1. The number of hydrogen-bond acceptors (Lipinski definition) is 2. The van der Waals surface area contributed by atoms with Crippen LogP contribution in [0.25, 0.3) is 0 Å². The average Bonchev–Trinajstić information content (AvgIpc) is 2.64. The van der Waals surface area contributed by atoms with Gasteiger partial charge in [0.25, 0.3) is 0 Å². The van der Waals surface area contributed by atoms with Crippen LogP contribution in [0, 0.1) is 5.82 Å². The molecule has 1 nitrogen and oxygen atoms in total. The van der Waals surface area contributed by atoms with Gasteiger partial charge in [-0.1, -0.05) is 23.7 Å². The molecule has 0 aliphatic heterocycles. The molecular formula is C12H11ClFNS. The molecule has 1 atom stereocenters. The van der Waals surface area contributed by atoms with Crippen molar-refractivity contribution in [2.75, 3.05) is 0 Å². The van der Waals surface area contributed by atoms with Crippen LogP contribution in [-0.4, -0.2) is 0 Å². The summed E-state index contributed by atoms with van der Waals surface area (Å²) in [4.78, 5) is 0.950. The van der Waals surface area contributed by atoms with Crippen molar-refractivity contribution in [1.29, 1.82) is 0 Å². The normalized spacial score (nSPS) is 12.7. The Labute approximate surface area is 103 Å². The maximum Gasteiger partial charge on any atom is 0.123 e. The second-order valence-corrected chi connectivity index (χ2v) is 4.93. The van der Waals surface area contributed by atoms with Crippen LogP contribution in [0.1, 0.15) is 16.5 Å². The van der Waals surface area contributed by atoms with Gasteiger partial charge in [0.2, 0.25) is 0 Å². The monoisotopic (exact) mass is 255 g/mol. The zero-order valence-electron chi connectivity index (χ0n) is 8.49. The molecule has 84 valence electrons. The van der Waals surface area contributed by atoms with Gasteiger partial charge in [-0.25, -0.2) is 4.39 Å². The second kappa shape index (κ2) is 4.95. The molecule has 0 saturated heterocycles. The Kier molecular flexibility index (Phi) is 3.59. The van der Waals surface area contributed by atoms with E-state index in [-0.39, 0.29) is 11.9 Å². The molecule has 16 heavy (non-hydrogen) atoms. The first-order chi connectivity index (χ1) is 7.66. The molecule has 0 aliphatic carbocycles. The second-order valence-electron chi connectivity index (χ2n) is 3.57. The van der Waals surface area contributed by atoms with Crippen LogP contribution in [0.4, 0.5) is 4.39 Å². The van der Waals surface area contributed by atoms with Gasteiger partial charge >= 0.3 is 0 Å². The SMILES string of the molecule is NC(Cc1cccc(F)c1)c1sccc1Cl. The lowest BCUT2D eigenvalue weighted by molar-refractivity contribution is 0.622. The quantitative estimate of drug-likeness (QED) is 0.887. The Morgan fingerprint density at radius 3 is 2.81 bits per heavy atom. The van der Waals surface area contributed by atoms with Gasteiger partial charge in [0.15, 0.2) is 0 Å². The molecule has 1 unspecified atom stereocenters. The van der Waals surface area contributed by atoms with Crippen LogP contribution in [0.3, 0.4) is 0 Å². The minimum Gasteiger partial charge on any atom is -0.323 e. The first-order valence-electron chi connectivity index (χ1n) is 4.89. The first kappa shape index (κ1) is 11.6. The third-order valence-corrected chi connectivity index (χ3v) is 3.82. The Morgan fingerprint density at radius 2 is 2.19 bits per heavy atom. The molecule has 0 amide bonds. The minimum absolute atomic E-state index is 0.172. The fraction of sp³-hybridized carbons (Fsp3) is 0.167. The van der Waals surface area contributed by atoms with E-state index in [0.717, 1.165) is 10.4 Å². The number of thiophene rings is 1. The summed E-state index contributed by atoms with van der Waals surface area (Å²) in [5.41, 5.74) is 6.91. The summed E-state index contributed by atoms with van der Waals surface area (Å²) >= 11 is 7.52. The molecule has 0 spiro atoms. The van der Waals surface area contributed by atoms with Gasteiger partial charge in [-0.15, -0.1) is 11.3 Å². The highest BCUT2D eigenvalue weighted by Gasteiger charge is 2.12. The highest BCUT2D eigenvalue weighted by molar-refractivity contribution is 7.10. The molecule has 1 aromatic heterocycles. The summed E-state index contributed by atoms with van der Waals surface area (Å²) in [5, 5.41) is 2.59. The van der Waals surface area contributed by atoms with Crippen LogP contribution in [0.5, 0.6) is 0 Å². The largest absolute Gasteiger partial charge is 0.323 e. The van der Waals surface area contributed by atoms with E-state index in [0.29, 0.717) is 11.4 Å². The van der Waals surface area contributed by atoms with Gasteiger partial charge in [0, 0.05) is 10.9 Å². The fourth-order valence-electron chi connectivity index (χ4n) is 1.58. The lowest BCUT2D eigenvalue weighted by Gasteiger charge is -2.10. The highest BCUT2D eigenvalue weighted by atomic mass is 35.5. The van der Waals surface area contributed by atoms with E-state index in [4.69, 9.17) is 17.3 Å². The van der Waals surface area contributed by atoms with Crippen molar-refractivity contribution in [1.82, 2.24) is 0 Å². The highest BCUT2D eigenvalue weighted by Crippen LogP contribution is 2.29. The molecule has 4 heteroatoms. The van der Waals surface area contributed by atoms with Crippen molar-refractivity contribution in [3.63, 3.8) is 0 Å². The summed E-state index contributed by atoms with van der Waals surface area (Å²) in [6, 6.07) is 8.13. The van der Waals surface area contributed by atoms with Crippen molar-refractivity contribution in [3.8, 4) is 0 Å². The van der Waals surface area contributed by atoms with E-state index in [2.05, 4.69) is 0 Å². The van der Waals surface area contributed by atoms with E-state index in [1.165, 1.54) is 23.5 Å². The lowest BCUT2D eigenvalue weighted by atomic mass is 10.1. The summed E-state index contributed by atoms with van der Waals surface area (Å²) in [6.45, 7) is 0. The first-order valence-corrected chi connectivity index (χ1v) is 6.15. The average molecular weight is 256 g/mol. The van der Waals surface area contributed by atoms with Crippen molar-refractivity contribution < 1.29 is 4.39 Å². The predicted octanol–water partition coefficient (Wildman–Crippen LogP) is 3.78. The van der Waals surface area contributed by atoms with Gasteiger partial charge in [-0.3, -0.25) is 0 Å². The minimum atomic E-state index is -0.234. The van der Waals surface area contributed by atoms with Gasteiger partial charge in [-0.05, 0) is 35.6 Å². The van der Waals surface area contributed by atoms with Crippen LogP contribution >= 0.6 is 22.9 Å². The Bertz CT molecular complexity index is 483. The van der Waals surface area contributed by atoms with Gasteiger partial charge in [0.05, 0.1) is 5.02 Å². The molecule has 0 saturated carbocycles. The molecule has 0 radical (unpaired) electrons. The summed E-state index contributed by atoms with van der Waals surface area (Å²) < 4.78 is 13.0. The van der Waals surface area contributed by atoms with Crippen molar-refractivity contribution in [3.05, 3.63) is 57.0 Å². The van der Waals surface area contributed by atoms with Crippen molar-refractivity contribution in [2.45, 2.75) is 12.5 Å². The zero-order valence-corrected chi connectivity index (χ0v) is 10.1. The third kappa shape index (κ3) is 2.61. The standard InChI is InChI=1S/C12H11ClFNS/c13-10-4-5-16-12(10)11(15)7-8-2-1-3-9(14)6-8/h1-6,11H,7,15H2. The molecule has 0 fully saturated rings. The predicted molar refractivity (Wildman–Crippen MR) is 66.4 cm³/mol. The molecule has 2 rings (SSSR count). The Hall–Kier alpha value is -0.900. The molecule has 0 bridgehead atoms. The molecule has 2 aromatic rings.